The quantitative estimate of drug-likeness (QED) is 0.387. The molecule has 0 aliphatic carbocycles. The highest BCUT2D eigenvalue weighted by molar-refractivity contribution is 7.10. The Morgan fingerprint density at radius 1 is 1.25 bits per heavy atom. The normalized spacial score (nSPS) is 20.6. The van der Waals surface area contributed by atoms with Crippen molar-refractivity contribution >= 4 is 17.3 Å². The van der Waals surface area contributed by atoms with Gasteiger partial charge in [-0.15, -0.1) is 11.3 Å². The summed E-state index contributed by atoms with van der Waals surface area (Å²) in [5.41, 5.74) is 0. The molecule has 0 spiro atoms. The average Bonchev–Trinajstić information content (AvgIpc) is 3.44. The van der Waals surface area contributed by atoms with Gasteiger partial charge in [0.25, 0.3) is 0 Å². The molecule has 2 fully saturated rings. The fraction of sp³-hybridized carbons (Fsp3) is 0.762. The Balaban J connectivity index is 1.46. The summed E-state index contributed by atoms with van der Waals surface area (Å²) in [6.45, 7) is 6.90. The van der Waals surface area contributed by atoms with Crippen LogP contribution < -0.4 is 5.32 Å². The van der Waals surface area contributed by atoms with Gasteiger partial charge in [-0.1, -0.05) is 6.07 Å². The summed E-state index contributed by atoms with van der Waals surface area (Å²) in [6, 6.07) is 4.88. The van der Waals surface area contributed by atoms with Gasteiger partial charge in [0.15, 0.2) is 5.96 Å². The van der Waals surface area contributed by atoms with Crippen molar-refractivity contribution in [3.8, 4) is 0 Å². The molecule has 7 heteroatoms. The van der Waals surface area contributed by atoms with Crippen molar-refractivity contribution in [1.29, 1.82) is 0 Å². The first-order chi connectivity index (χ1) is 13.8. The second kappa shape index (κ2) is 11.8. The molecular formula is C21H36N4O2S. The molecule has 1 unspecified atom stereocenters. The van der Waals surface area contributed by atoms with Crippen LogP contribution in [0.4, 0.5) is 0 Å². The summed E-state index contributed by atoms with van der Waals surface area (Å²) in [4.78, 5) is 11.0. The predicted octanol–water partition coefficient (Wildman–Crippen LogP) is 2.98. The lowest BCUT2D eigenvalue weighted by atomic mass is 10.1. The van der Waals surface area contributed by atoms with Crippen LogP contribution >= 0.6 is 11.3 Å². The second-order valence-electron chi connectivity index (χ2n) is 7.61. The fourth-order valence-electron chi connectivity index (χ4n) is 4.15. The van der Waals surface area contributed by atoms with Gasteiger partial charge in [0, 0.05) is 51.9 Å². The van der Waals surface area contributed by atoms with Crippen molar-refractivity contribution < 1.29 is 9.47 Å². The van der Waals surface area contributed by atoms with E-state index in [0.29, 0.717) is 12.1 Å². The van der Waals surface area contributed by atoms with Crippen molar-refractivity contribution in [2.24, 2.45) is 4.99 Å². The molecule has 0 amide bonds. The fourth-order valence-corrected chi connectivity index (χ4v) is 5.01. The van der Waals surface area contributed by atoms with E-state index in [4.69, 9.17) is 9.47 Å². The molecule has 0 bridgehead atoms. The van der Waals surface area contributed by atoms with Crippen molar-refractivity contribution in [3.05, 3.63) is 22.4 Å². The number of nitrogens with one attached hydrogen (secondary N) is 1. The molecule has 0 radical (unpaired) electrons. The van der Waals surface area contributed by atoms with Crippen molar-refractivity contribution in [2.45, 2.75) is 44.2 Å². The molecule has 1 aromatic rings. The van der Waals surface area contributed by atoms with Crippen LogP contribution in [-0.2, 0) is 9.47 Å². The average molecular weight is 409 g/mol. The molecule has 6 nitrogen and oxygen atoms in total. The lowest BCUT2D eigenvalue weighted by Gasteiger charge is -2.35. The molecule has 1 atom stereocenters. The summed E-state index contributed by atoms with van der Waals surface area (Å²) in [5.74, 6) is 1.03. The van der Waals surface area contributed by atoms with Crippen molar-refractivity contribution in [1.82, 2.24) is 15.1 Å². The monoisotopic (exact) mass is 408 g/mol. The van der Waals surface area contributed by atoms with E-state index in [1.807, 2.05) is 18.4 Å². The summed E-state index contributed by atoms with van der Waals surface area (Å²) in [6.07, 6.45) is 6.10. The lowest BCUT2D eigenvalue weighted by molar-refractivity contribution is 0.00986. The summed E-state index contributed by atoms with van der Waals surface area (Å²) in [7, 11) is 3.63. The minimum Gasteiger partial charge on any atom is -0.385 e. The number of guanidine groups is 1. The highest BCUT2D eigenvalue weighted by atomic mass is 32.1. The zero-order valence-corrected chi connectivity index (χ0v) is 18.3. The third-order valence-corrected chi connectivity index (χ3v) is 6.68. The van der Waals surface area contributed by atoms with Crippen LogP contribution in [0.3, 0.4) is 0 Å². The summed E-state index contributed by atoms with van der Waals surface area (Å²) < 4.78 is 11.1. The number of methoxy groups -OCH3 is 1. The number of aliphatic imine (C=N–C) groups is 1. The van der Waals surface area contributed by atoms with E-state index in [1.54, 1.807) is 7.11 Å². The van der Waals surface area contributed by atoms with Crippen LogP contribution in [0.2, 0.25) is 0 Å². The first kappa shape index (κ1) is 21.6. The number of hydrogen-bond acceptors (Lipinski definition) is 5. The Bertz CT molecular complexity index is 567. The number of likely N-dealkylation sites (tertiary alicyclic amines) is 2. The number of ether oxygens (including phenoxy) is 2. The van der Waals surface area contributed by atoms with Gasteiger partial charge in [-0.2, -0.15) is 0 Å². The third-order valence-electron chi connectivity index (χ3n) is 5.71. The molecule has 0 saturated carbocycles. The van der Waals surface area contributed by atoms with E-state index in [0.717, 1.165) is 58.1 Å². The third kappa shape index (κ3) is 6.17. The number of nitrogens with zero attached hydrogens (tertiary/aromatic N) is 3. The SMILES string of the molecule is CN=C(NCC(c1cccs1)N1CCCC1)N1CCC(OCCCOC)CC1. The van der Waals surface area contributed by atoms with Gasteiger partial charge in [0.1, 0.15) is 0 Å². The zero-order chi connectivity index (χ0) is 19.6. The Hall–Kier alpha value is -1.15. The first-order valence-corrected chi connectivity index (χ1v) is 11.5. The topological polar surface area (TPSA) is 49.3 Å². The maximum absolute atomic E-state index is 5.99. The standard InChI is InChI=1S/C21H36N4O2S/c1-22-21(25-12-8-18(9-13-25)27-15-6-14-26-2)23-17-19(20-7-5-16-28-20)24-10-3-4-11-24/h5,7,16,18-19H,3-4,6,8-15,17H2,1-2H3,(H,22,23). The van der Waals surface area contributed by atoms with Crippen molar-refractivity contribution in [3.63, 3.8) is 0 Å². The Morgan fingerprint density at radius 2 is 2.04 bits per heavy atom. The molecule has 28 heavy (non-hydrogen) atoms. The van der Waals surface area contributed by atoms with Gasteiger partial charge in [-0.05, 0) is 56.6 Å². The van der Waals surface area contributed by atoms with Gasteiger partial charge < -0.3 is 19.7 Å². The summed E-state index contributed by atoms with van der Waals surface area (Å²) >= 11 is 1.86. The molecule has 1 N–H and O–H groups in total. The van der Waals surface area contributed by atoms with Crippen LogP contribution in [0.15, 0.2) is 22.5 Å². The maximum Gasteiger partial charge on any atom is 0.193 e. The van der Waals surface area contributed by atoms with Crippen LogP contribution in [0.25, 0.3) is 0 Å². The lowest BCUT2D eigenvalue weighted by Crippen LogP contribution is -2.48. The van der Waals surface area contributed by atoms with E-state index in [2.05, 4.69) is 37.6 Å². The molecule has 158 valence electrons. The maximum atomic E-state index is 5.99. The predicted molar refractivity (Wildman–Crippen MR) is 116 cm³/mol. The van der Waals surface area contributed by atoms with E-state index in [-0.39, 0.29) is 0 Å². The van der Waals surface area contributed by atoms with E-state index < -0.39 is 0 Å². The molecular weight excluding hydrogens is 372 g/mol. The van der Waals surface area contributed by atoms with Crippen LogP contribution in [0, 0.1) is 0 Å². The summed E-state index contributed by atoms with van der Waals surface area (Å²) in [5, 5.41) is 5.85. The minimum absolute atomic E-state index is 0.370. The number of rotatable bonds is 9. The minimum atomic E-state index is 0.370. The van der Waals surface area contributed by atoms with E-state index >= 15 is 0 Å². The second-order valence-corrected chi connectivity index (χ2v) is 8.59. The van der Waals surface area contributed by atoms with E-state index in [9.17, 15) is 0 Å². The Labute approximate surface area is 173 Å². The Kier molecular flexibility index (Phi) is 9.05. The Morgan fingerprint density at radius 3 is 2.68 bits per heavy atom. The number of piperidine rings is 1. The van der Waals surface area contributed by atoms with Crippen LogP contribution in [-0.4, -0.2) is 82.0 Å². The van der Waals surface area contributed by atoms with E-state index in [1.165, 1.54) is 30.8 Å². The highest BCUT2D eigenvalue weighted by Crippen LogP contribution is 2.28. The number of hydrogen-bond donors (Lipinski definition) is 1. The molecule has 1 aromatic heterocycles. The molecule has 2 aliphatic rings. The van der Waals surface area contributed by atoms with Gasteiger partial charge in [-0.25, -0.2) is 0 Å². The van der Waals surface area contributed by atoms with Gasteiger partial charge in [0.2, 0.25) is 0 Å². The smallest absolute Gasteiger partial charge is 0.193 e. The molecule has 3 rings (SSSR count). The largest absolute Gasteiger partial charge is 0.385 e. The molecule has 0 aromatic carbocycles. The van der Waals surface area contributed by atoms with Gasteiger partial charge in [-0.3, -0.25) is 9.89 Å². The molecule has 2 aliphatic heterocycles. The highest BCUT2D eigenvalue weighted by Gasteiger charge is 2.26. The van der Waals surface area contributed by atoms with Crippen molar-refractivity contribution in [2.75, 3.05) is 60.1 Å². The first-order valence-electron chi connectivity index (χ1n) is 10.7. The zero-order valence-electron chi connectivity index (χ0n) is 17.4. The molecule has 2 saturated heterocycles. The number of thiophene rings is 1. The molecule has 3 heterocycles. The van der Waals surface area contributed by atoms with Gasteiger partial charge >= 0.3 is 0 Å². The van der Waals surface area contributed by atoms with Crippen LogP contribution in [0.1, 0.15) is 43.0 Å². The van der Waals surface area contributed by atoms with Crippen LogP contribution in [0.5, 0.6) is 0 Å². The van der Waals surface area contributed by atoms with Gasteiger partial charge in [0.05, 0.1) is 12.1 Å².